The third kappa shape index (κ3) is 3.89. The Kier molecular flexibility index (Phi) is 4.66. The molecule has 2 rings (SSSR count). The van der Waals surface area contributed by atoms with Crippen LogP contribution in [0.3, 0.4) is 0 Å². The smallest absolute Gasteiger partial charge is 0.253 e. The summed E-state index contributed by atoms with van der Waals surface area (Å²) in [5.74, 6) is -0.880. The van der Waals surface area contributed by atoms with Crippen molar-refractivity contribution in [3.05, 3.63) is 65.5 Å². The predicted molar refractivity (Wildman–Crippen MR) is 78.6 cm³/mol. The van der Waals surface area contributed by atoms with Gasteiger partial charge in [-0.3, -0.25) is 9.59 Å². The van der Waals surface area contributed by atoms with E-state index in [0.29, 0.717) is 16.8 Å². The Morgan fingerprint density at radius 2 is 1.71 bits per heavy atom. The van der Waals surface area contributed by atoms with Gasteiger partial charge in [0.25, 0.3) is 5.91 Å². The molecule has 0 spiro atoms. The molecule has 0 aliphatic rings. The summed E-state index contributed by atoms with van der Waals surface area (Å²) < 4.78 is 12.8. The molecule has 0 fully saturated rings. The predicted octanol–water partition coefficient (Wildman–Crippen LogP) is 2.37. The molecule has 0 heterocycles. The van der Waals surface area contributed by atoms with Crippen molar-refractivity contribution >= 4 is 17.5 Å². The van der Waals surface area contributed by atoms with Crippen LogP contribution in [-0.2, 0) is 11.2 Å². The second-order valence-electron chi connectivity index (χ2n) is 4.48. The summed E-state index contributed by atoms with van der Waals surface area (Å²) in [5, 5.41) is 5.21. The Morgan fingerprint density at radius 3 is 2.38 bits per heavy atom. The molecule has 2 aromatic rings. The zero-order chi connectivity index (χ0) is 15.2. The lowest BCUT2D eigenvalue weighted by Crippen LogP contribution is -2.22. The van der Waals surface area contributed by atoms with E-state index in [1.807, 2.05) is 0 Å². The van der Waals surface area contributed by atoms with Crippen LogP contribution in [0.4, 0.5) is 10.1 Å². The van der Waals surface area contributed by atoms with Crippen LogP contribution in [0.1, 0.15) is 15.9 Å². The molecule has 0 aliphatic heterocycles. The highest BCUT2D eigenvalue weighted by Gasteiger charge is 2.11. The van der Waals surface area contributed by atoms with Crippen LogP contribution in [0.25, 0.3) is 0 Å². The number of para-hydroxylation sites is 1. The van der Waals surface area contributed by atoms with E-state index in [1.165, 1.54) is 19.2 Å². The fourth-order valence-electron chi connectivity index (χ4n) is 1.91. The maximum absolute atomic E-state index is 12.8. The molecule has 4 nitrogen and oxygen atoms in total. The van der Waals surface area contributed by atoms with E-state index in [2.05, 4.69) is 10.6 Å². The summed E-state index contributed by atoms with van der Waals surface area (Å²) in [7, 11) is 1.53. The maximum atomic E-state index is 12.8. The summed E-state index contributed by atoms with van der Waals surface area (Å²) in [5.41, 5.74) is 1.54. The van der Waals surface area contributed by atoms with Crippen LogP contribution in [0.15, 0.2) is 48.5 Å². The molecule has 2 N–H and O–H groups in total. The highest BCUT2D eigenvalue weighted by Crippen LogP contribution is 2.15. The van der Waals surface area contributed by atoms with Gasteiger partial charge in [0, 0.05) is 7.05 Å². The molecule has 0 bridgehead atoms. The van der Waals surface area contributed by atoms with Crippen molar-refractivity contribution in [1.82, 2.24) is 5.32 Å². The molecule has 21 heavy (non-hydrogen) atoms. The topological polar surface area (TPSA) is 58.2 Å². The van der Waals surface area contributed by atoms with Gasteiger partial charge in [-0.2, -0.15) is 0 Å². The van der Waals surface area contributed by atoms with Gasteiger partial charge < -0.3 is 10.6 Å². The Hall–Kier alpha value is -2.69. The van der Waals surface area contributed by atoms with E-state index < -0.39 is 0 Å². The number of carbonyl (C=O) groups excluding carboxylic acids is 2. The Bertz CT molecular complexity index is 654. The van der Waals surface area contributed by atoms with Crippen molar-refractivity contribution < 1.29 is 14.0 Å². The molecule has 108 valence electrons. The first kappa shape index (κ1) is 14.7. The quantitative estimate of drug-likeness (QED) is 0.906. The molecule has 0 unspecified atom stereocenters. The zero-order valence-electron chi connectivity index (χ0n) is 11.5. The molecule has 0 atom stereocenters. The number of amides is 2. The van der Waals surface area contributed by atoms with E-state index in [4.69, 9.17) is 0 Å². The fraction of sp³-hybridized carbons (Fsp3) is 0.125. The standard InChI is InChI=1S/C16H15FN2O2/c1-18-16(21)13-4-2-3-5-14(13)19-15(20)10-11-6-8-12(17)9-7-11/h2-9H,10H2,1H3,(H,18,21)(H,19,20). The van der Waals surface area contributed by atoms with Crippen molar-refractivity contribution in [2.45, 2.75) is 6.42 Å². The molecule has 0 aliphatic carbocycles. The van der Waals surface area contributed by atoms with Gasteiger partial charge in [-0.25, -0.2) is 4.39 Å². The summed E-state index contributed by atoms with van der Waals surface area (Å²) in [6.45, 7) is 0. The van der Waals surface area contributed by atoms with Gasteiger partial charge in [-0.05, 0) is 29.8 Å². The second kappa shape index (κ2) is 6.65. The molecule has 0 aromatic heterocycles. The minimum Gasteiger partial charge on any atom is -0.355 e. The molecular formula is C16H15FN2O2. The van der Waals surface area contributed by atoms with Gasteiger partial charge in [-0.1, -0.05) is 24.3 Å². The minimum absolute atomic E-state index is 0.113. The largest absolute Gasteiger partial charge is 0.355 e. The summed E-state index contributed by atoms with van der Waals surface area (Å²) in [6, 6.07) is 12.5. The van der Waals surface area contributed by atoms with Crippen LogP contribution in [0, 0.1) is 5.82 Å². The summed E-state index contributed by atoms with van der Waals surface area (Å²) in [4.78, 5) is 23.7. The highest BCUT2D eigenvalue weighted by atomic mass is 19.1. The first-order chi connectivity index (χ1) is 10.1. The van der Waals surface area contributed by atoms with Gasteiger partial charge in [0.2, 0.25) is 5.91 Å². The minimum atomic E-state index is -0.343. The third-order valence-corrected chi connectivity index (χ3v) is 2.95. The van der Waals surface area contributed by atoms with Crippen molar-refractivity contribution in [3.8, 4) is 0 Å². The van der Waals surface area contributed by atoms with E-state index in [1.54, 1.807) is 36.4 Å². The summed E-state index contributed by atoms with van der Waals surface area (Å²) >= 11 is 0. The SMILES string of the molecule is CNC(=O)c1ccccc1NC(=O)Cc1ccc(F)cc1. The molecule has 0 saturated carbocycles. The van der Waals surface area contributed by atoms with E-state index >= 15 is 0 Å². The molecule has 0 saturated heterocycles. The Labute approximate surface area is 122 Å². The number of rotatable bonds is 4. The summed E-state index contributed by atoms with van der Waals surface area (Å²) in [6.07, 6.45) is 0.113. The Balaban J connectivity index is 2.09. The maximum Gasteiger partial charge on any atom is 0.253 e. The normalized spacial score (nSPS) is 10.0. The van der Waals surface area contributed by atoms with Crippen LogP contribution in [0.5, 0.6) is 0 Å². The average Bonchev–Trinajstić information content (AvgIpc) is 2.49. The van der Waals surface area contributed by atoms with Crippen molar-refractivity contribution in [1.29, 1.82) is 0 Å². The van der Waals surface area contributed by atoms with Crippen LogP contribution >= 0.6 is 0 Å². The van der Waals surface area contributed by atoms with Crippen molar-refractivity contribution in [2.24, 2.45) is 0 Å². The van der Waals surface area contributed by atoms with Gasteiger partial charge in [0.1, 0.15) is 5.82 Å². The lowest BCUT2D eigenvalue weighted by Gasteiger charge is -2.10. The van der Waals surface area contributed by atoms with E-state index in [-0.39, 0.29) is 24.1 Å². The monoisotopic (exact) mass is 286 g/mol. The molecule has 2 aromatic carbocycles. The highest BCUT2D eigenvalue weighted by molar-refractivity contribution is 6.03. The lowest BCUT2D eigenvalue weighted by atomic mass is 10.1. The number of hydrogen-bond donors (Lipinski definition) is 2. The van der Waals surface area contributed by atoms with E-state index in [0.717, 1.165) is 0 Å². The number of benzene rings is 2. The van der Waals surface area contributed by atoms with Gasteiger partial charge in [0.05, 0.1) is 17.7 Å². The van der Waals surface area contributed by atoms with Gasteiger partial charge in [-0.15, -0.1) is 0 Å². The Morgan fingerprint density at radius 1 is 1.05 bits per heavy atom. The van der Waals surface area contributed by atoms with E-state index in [9.17, 15) is 14.0 Å². The molecular weight excluding hydrogens is 271 g/mol. The number of carbonyl (C=O) groups is 2. The average molecular weight is 286 g/mol. The second-order valence-corrected chi connectivity index (χ2v) is 4.48. The lowest BCUT2D eigenvalue weighted by molar-refractivity contribution is -0.115. The number of nitrogens with one attached hydrogen (secondary N) is 2. The van der Waals surface area contributed by atoms with Crippen LogP contribution in [0.2, 0.25) is 0 Å². The van der Waals surface area contributed by atoms with Crippen LogP contribution < -0.4 is 10.6 Å². The first-order valence-corrected chi connectivity index (χ1v) is 6.45. The van der Waals surface area contributed by atoms with Crippen molar-refractivity contribution in [3.63, 3.8) is 0 Å². The zero-order valence-corrected chi connectivity index (χ0v) is 11.5. The molecule has 5 heteroatoms. The van der Waals surface area contributed by atoms with Gasteiger partial charge >= 0.3 is 0 Å². The molecule has 2 amide bonds. The third-order valence-electron chi connectivity index (χ3n) is 2.95. The fourth-order valence-corrected chi connectivity index (χ4v) is 1.91. The number of hydrogen-bond acceptors (Lipinski definition) is 2. The number of anilines is 1. The molecule has 0 radical (unpaired) electrons. The van der Waals surface area contributed by atoms with Gasteiger partial charge in [0.15, 0.2) is 0 Å². The number of halogens is 1. The van der Waals surface area contributed by atoms with Crippen molar-refractivity contribution in [2.75, 3.05) is 12.4 Å². The van der Waals surface area contributed by atoms with Crippen LogP contribution in [-0.4, -0.2) is 18.9 Å². The first-order valence-electron chi connectivity index (χ1n) is 6.45.